The van der Waals surface area contributed by atoms with Crippen LogP contribution in [0, 0.1) is 5.92 Å². The normalized spacial score (nSPS) is 23.5. The number of hydrogen-bond donors (Lipinski definition) is 0. The summed E-state index contributed by atoms with van der Waals surface area (Å²) in [5.41, 5.74) is 0. The molecule has 1 aliphatic carbocycles. The minimum absolute atomic E-state index is 0.283. The summed E-state index contributed by atoms with van der Waals surface area (Å²) in [5.74, 6) is 0.934. The van der Waals surface area contributed by atoms with Crippen LogP contribution in [0.2, 0.25) is 0 Å². The van der Waals surface area contributed by atoms with Crippen LogP contribution in [0.5, 0.6) is 0 Å². The van der Waals surface area contributed by atoms with Crippen molar-refractivity contribution in [1.29, 1.82) is 0 Å². The summed E-state index contributed by atoms with van der Waals surface area (Å²) in [4.78, 5) is 16.8. The average molecular weight is 268 g/mol. The second-order valence-electron chi connectivity index (χ2n) is 6.02. The van der Waals surface area contributed by atoms with Crippen LogP contribution in [-0.4, -0.2) is 60.6 Å². The molecule has 1 heterocycles. The fourth-order valence-corrected chi connectivity index (χ4v) is 2.75. The molecular formula is C15H28N2O2. The zero-order valence-corrected chi connectivity index (χ0v) is 12.6. The van der Waals surface area contributed by atoms with Gasteiger partial charge in [-0.3, -0.25) is 9.69 Å². The maximum absolute atomic E-state index is 12.4. The highest BCUT2D eigenvalue weighted by molar-refractivity contribution is 5.78. The number of carbonyl (C=O) groups is 1. The number of hydrogen-bond acceptors (Lipinski definition) is 3. The Kier molecular flexibility index (Phi) is 5.22. The van der Waals surface area contributed by atoms with Crippen LogP contribution < -0.4 is 0 Å². The molecule has 1 saturated heterocycles. The van der Waals surface area contributed by atoms with Gasteiger partial charge in [0.15, 0.2) is 0 Å². The first kappa shape index (κ1) is 14.8. The first-order valence-corrected chi connectivity index (χ1v) is 7.74. The van der Waals surface area contributed by atoms with E-state index in [1.165, 1.54) is 19.3 Å². The molecule has 0 spiro atoms. The SMILES string of the molecule is CC[C@H](C)[C@@H](C)N(CC(=O)N1CCOCC1)C1CC1. The van der Waals surface area contributed by atoms with E-state index in [2.05, 4.69) is 25.7 Å². The van der Waals surface area contributed by atoms with Gasteiger partial charge in [-0.25, -0.2) is 0 Å². The third kappa shape index (κ3) is 3.93. The minimum Gasteiger partial charge on any atom is -0.378 e. The third-order valence-corrected chi connectivity index (χ3v) is 4.69. The summed E-state index contributed by atoms with van der Waals surface area (Å²) in [6, 6.07) is 1.15. The van der Waals surface area contributed by atoms with Gasteiger partial charge in [0.1, 0.15) is 0 Å². The van der Waals surface area contributed by atoms with Crippen LogP contribution in [0.25, 0.3) is 0 Å². The topological polar surface area (TPSA) is 32.8 Å². The lowest BCUT2D eigenvalue weighted by atomic mass is 9.99. The Morgan fingerprint density at radius 3 is 2.47 bits per heavy atom. The molecule has 2 aliphatic rings. The summed E-state index contributed by atoms with van der Waals surface area (Å²) >= 11 is 0. The molecule has 1 amide bonds. The van der Waals surface area contributed by atoms with E-state index < -0.39 is 0 Å². The van der Waals surface area contributed by atoms with Crippen molar-refractivity contribution in [2.24, 2.45) is 5.92 Å². The summed E-state index contributed by atoms with van der Waals surface area (Å²) in [6.45, 7) is 10.3. The molecule has 19 heavy (non-hydrogen) atoms. The fourth-order valence-electron chi connectivity index (χ4n) is 2.75. The van der Waals surface area contributed by atoms with Gasteiger partial charge < -0.3 is 9.64 Å². The smallest absolute Gasteiger partial charge is 0.236 e. The zero-order valence-electron chi connectivity index (χ0n) is 12.6. The van der Waals surface area contributed by atoms with Crippen molar-refractivity contribution in [3.63, 3.8) is 0 Å². The van der Waals surface area contributed by atoms with Crippen molar-refractivity contribution in [2.45, 2.75) is 52.1 Å². The van der Waals surface area contributed by atoms with E-state index in [9.17, 15) is 4.79 Å². The molecule has 4 heteroatoms. The molecule has 0 N–H and O–H groups in total. The van der Waals surface area contributed by atoms with E-state index in [1.54, 1.807) is 0 Å². The lowest BCUT2D eigenvalue weighted by Gasteiger charge is -2.35. The van der Waals surface area contributed by atoms with Gasteiger partial charge in [0, 0.05) is 25.2 Å². The molecule has 0 aromatic rings. The van der Waals surface area contributed by atoms with E-state index in [0.717, 1.165) is 13.1 Å². The summed E-state index contributed by atoms with van der Waals surface area (Å²) in [7, 11) is 0. The molecule has 1 saturated carbocycles. The number of morpholine rings is 1. The Morgan fingerprint density at radius 2 is 1.95 bits per heavy atom. The molecule has 4 nitrogen and oxygen atoms in total. The Bertz CT molecular complexity index is 299. The maximum Gasteiger partial charge on any atom is 0.236 e. The Balaban J connectivity index is 1.90. The highest BCUT2D eigenvalue weighted by Gasteiger charge is 2.35. The van der Waals surface area contributed by atoms with E-state index >= 15 is 0 Å². The van der Waals surface area contributed by atoms with Crippen LogP contribution in [0.3, 0.4) is 0 Å². The molecule has 2 fully saturated rings. The van der Waals surface area contributed by atoms with Crippen molar-refractivity contribution in [3.05, 3.63) is 0 Å². The van der Waals surface area contributed by atoms with Gasteiger partial charge in [-0.2, -0.15) is 0 Å². The minimum atomic E-state index is 0.283. The van der Waals surface area contributed by atoms with Gasteiger partial charge >= 0.3 is 0 Å². The highest BCUT2D eigenvalue weighted by atomic mass is 16.5. The van der Waals surface area contributed by atoms with Crippen LogP contribution in [-0.2, 0) is 9.53 Å². The predicted molar refractivity (Wildman–Crippen MR) is 76.0 cm³/mol. The van der Waals surface area contributed by atoms with Gasteiger partial charge in [-0.05, 0) is 25.7 Å². The number of nitrogens with zero attached hydrogens (tertiary/aromatic N) is 2. The first-order chi connectivity index (χ1) is 9.13. The molecule has 0 radical (unpaired) electrons. The van der Waals surface area contributed by atoms with Gasteiger partial charge in [0.2, 0.25) is 5.91 Å². The maximum atomic E-state index is 12.4. The number of rotatable bonds is 6. The molecule has 0 bridgehead atoms. The zero-order chi connectivity index (χ0) is 13.8. The molecule has 0 aromatic heterocycles. The number of carbonyl (C=O) groups excluding carboxylic acids is 1. The molecule has 110 valence electrons. The van der Waals surface area contributed by atoms with Crippen molar-refractivity contribution in [1.82, 2.24) is 9.80 Å². The molecular weight excluding hydrogens is 240 g/mol. The second kappa shape index (κ2) is 6.71. The van der Waals surface area contributed by atoms with E-state index in [4.69, 9.17) is 4.74 Å². The predicted octanol–water partition coefficient (Wildman–Crippen LogP) is 1.74. The van der Waals surface area contributed by atoms with Crippen LogP contribution in [0.1, 0.15) is 40.0 Å². The molecule has 0 aromatic carbocycles. The second-order valence-corrected chi connectivity index (χ2v) is 6.02. The van der Waals surface area contributed by atoms with Crippen molar-refractivity contribution >= 4 is 5.91 Å². The van der Waals surface area contributed by atoms with Crippen molar-refractivity contribution < 1.29 is 9.53 Å². The standard InChI is InChI=1S/C15H28N2O2/c1-4-12(2)13(3)17(14-5-6-14)11-15(18)16-7-9-19-10-8-16/h12-14H,4-11H2,1-3H3/t12-,13+/m0/s1. The molecule has 2 rings (SSSR count). The number of amides is 1. The van der Waals surface area contributed by atoms with E-state index in [1.807, 2.05) is 4.90 Å². The molecule has 0 unspecified atom stereocenters. The van der Waals surface area contributed by atoms with Gasteiger partial charge in [-0.15, -0.1) is 0 Å². The van der Waals surface area contributed by atoms with E-state index in [0.29, 0.717) is 37.8 Å². The molecule has 2 atom stereocenters. The summed E-state index contributed by atoms with van der Waals surface area (Å²) in [6.07, 6.45) is 3.70. The third-order valence-electron chi connectivity index (χ3n) is 4.69. The van der Waals surface area contributed by atoms with Gasteiger partial charge in [0.25, 0.3) is 0 Å². The summed E-state index contributed by atoms with van der Waals surface area (Å²) in [5, 5.41) is 0. The average Bonchev–Trinajstić information content (AvgIpc) is 3.28. The van der Waals surface area contributed by atoms with Crippen molar-refractivity contribution in [3.8, 4) is 0 Å². The fraction of sp³-hybridized carbons (Fsp3) is 0.933. The molecule has 1 aliphatic heterocycles. The van der Waals surface area contributed by atoms with Crippen LogP contribution in [0.15, 0.2) is 0 Å². The monoisotopic (exact) mass is 268 g/mol. The van der Waals surface area contributed by atoms with E-state index in [-0.39, 0.29) is 5.91 Å². The lowest BCUT2D eigenvalue weighted by Crippen LogP contribution is -2.49. The van der Waals surface area contributed by atoms with Gasteiger partial charge in [0.05, 0.1) is 19.8 Å². The lowest BCUT2D eigenvalue weighted by molar-refractivity contribution is -0.137. The van der Waals surface area contributed by atoms with Gasteiger partial charge in [-0.1, -0.05) is 20.3 Å². The number of ether oxygens (including phenoxy) is 1. The van der Waals surface area contributed by atoms with Crippen molar-refractivity contribution in [2.75, 3.05) is 32.8 Å². The Labute approximate surface area is 117 Å². The largest absolute Gasteiger partial charge is 0.378 e. The Hall–Kier alpha value is -0.610. The van der Waals surface area contributed by atoms with Crippen LogP contribution in [0.4, 0.5) is 0 Å². The summed E-state index contributed by atoms with van der Waals surface area (Å²) < 4.78 is 5.31. The first-order valence-electron chi connectivity index (χ1n) is 7.74. The Morgan fingerprint density at radius 1 is 1.32 bits per heavy atom. The van der Waals surface area contributed by atoms with Crippen LogP contribution >= 0.6 is 0 Å². The quantitative estimate of drug-likeness (QED) is 0.735. The highest BCUT2D eigenvalue weighted by Crippen LogP contribution is 2.31.